The van der Waals surface area contributed by atoms with Gasteiger partial charge in [-0.3, -0.25) is 9.59 Å². The van der Waals surface area contributed by atoms with Crippen LogP contribution in [0.4, 0.5) is 0 Å². The maximum atomic E-state index is 11.9. The maximum Gasteiger partial charge on any atom is 0.309 e. The van der Waals surface area contributed by atoms with E-state index in [0.717, 1.165) is 6.42 Å². The zero-order valence-corrected chi connectivity index (χ0v) is 11.5. The topological polar surface area (TPSA) is 70.8 Å². The van der Waals surface area contributed by atoms with Crippen LogP contribution in [-0.4, -0.2) is 28.4 Å². The standard InChI is InChI=1S/C12H14BrNO4/c1-2-4-14-9(15)6-7(12(16)17)10(14)11-8(13)3-5-18-11/h3,5,7,10H,2,4,6H2,1H3,(H,16,17). The second-order valence-electron chi connectivity index (χ2n) is 4.31. The number of carbonyl (C=O) groups excluding carboxylic acids is 1. The molecule has 0 aliphatic carbocycles. The molecule has 98 valence electrons. The number of furan rings is 1. The van der Waals surface area contributed by atoms with E-state index in [2.05, 4.69) is 15.9 Å². The van der Waals surface area contributed by atoms with Gasteiger partial charge in [-0.05, 0) is 28.4 Å². The van der Waals surface area contributed by atoms with Gasteiger partial charge in [-0.15, -0.1) is 0 Å². The molecule has 18 heavy (non-hydrogen) atoms. The van der Waals surface area contributed by atoms with Crippen molar-refractivity contribution in [2.75, 3.05) is 6.54 Å². The minimum Gasteiger partial charge on any atom is -0.481 e. The van der Waals surface area contributed by atoms with E-state index in [1.807, 2.05) is 6.92 Å². The lowest BCUT2D eigenvalue weighted by atomic mass is 9.98. The summed E-state index contributed by atoms with van der Waals surface area (Å²) < 4.78 is 6.05. The Labute approximate surface area is 113 Å². The second kappa shape index (κ2) is 5.14. The van der Waals surface area contributed by atoms with Crippen molar-refractivity contribution in [3.05, 3.63) is 22.6 Å². The first kappa shape index (κ1) is 13.1. The van der Waals surface area contributed by atoms with Gasteiger partial charge in [0.05, 0.1) is 16.7 Å². The summed E-state index contributed by atoms with van der Waals surface area (Å²) in [5.74, 6) is -1.32. The van der Waals surface area contributed by atoms with Crippen molar-refractivity contribution in [1.82, 2.24) is 4.90 Å². The molecule has 1 aromatic heterocycles. The summed E-state index contributed by atoms with van der Waals surface area (Å²) in [4.78, 5) is 24.8. The number of carboxylic acids is 1. The van der Waals surface area contributed by atoms with Crippen molar-refractivity contribution in [2.45, 2.75) is 25.8 Å². The van der Waals surface area contributed by atoms with E-state index in [0.29, 0.717) is 16.8 Å². The first-order valence-corrected chi connectivity index (χ1v) is 6.60. The maximum absolute atomic E-state index is 11.9. The molecule has 0 bridgehead atoms. The predicted molar refractivity (Wildman–Crippen MR) is 66.9 cm³/mol. The summed E-state index contributed by atoms with van der Waals surface area (Å²) in [6.07, 6.45) is 2.31. The molecule has 1 N–H and O–H groups in total. The zero-order chi connectivity index (χ0) is 13.3. The molecular formula is C12H14BrNO4. The fraction of sp³-hybridized carbons (Fsp3) is 0.500. The Morgan fingerprint density at radius 1 is 1.67 bits per heavy atom. The van der Waals surface area contributed by atoms with Gasteiger partial charge in [-0.1, -0.05) is 6.92 Å². The van der Waals surface area contributed by atoms with Crippen LogP contribution in [0.3, 0.4) is 0 Å². The van der Waals surface area contributed by atoms with E-state index in [4.69, 9.17) is 4.42 Å². The van der Waals surface area contributed by atoms with Crippen LogP contribution in [0.25, 0.3) is 0 Å². The van der Waals surface area contributed by atoms with Crippen LogP contribution in [0.5, 0.6) is 0 Å². The third-order valence-corrected chi connectivity index (χ3v) is 3.78. The number of likely N-dealkylation sites (tertiary alicyclic amines) is 1. The Morgan fingerprint density at radius 2 is 2.39 bits per heavy atom. The van der Waals surface area contributed by atoms with Crippen LogP contribution < -0.4 is 0 Å². The van der Waals surface area contributed by atoms with Gasteiger partial charge in [0.2, 0.25) is 5.91 Å². The molecular weight excluding hydrogens is 302 g/mol. The van der Waals surface area contributed by atoms with Gasteiger partial charge in [0.1, 0.15) is 11.8 Å². The van der Waals surface area contributed by atoms with Gasteiger partial charge in [0, 0.05) is 13.0 Å². The van der Waals surface area contributed by atoms with E-state index in [1.165, 1.54) is 6.26 Å². The molecule has 0 saturated carbocycles. The number of rotatable bonds is 4. The lowest BCUT2D eigenvalue weighted by Gasteiger charge is -2.25. The van der Waals surface area contributed by atoms with Gasteiger partial charge < -0.3 is 14.4 Å². The minimum absolute atomic E-state index is 0.0349. The number of carbonyl (C=O) groups is 2. The second-order valence-corrected chi connectivity index (χ2v) is 5.17. The van der Waals surface area contributed by atoms with Gasteiger partial charge in [-0.2, -0.15) is 0 Å². The number of carboxylic acid groups (broad SMARTS) is 1. The van der Waals surface area contributed by atoms with Crippen molar-refractivity contribution in [3.63, 3.8) is 0 Å². The summed E-state index contributed by atoms with van der Waals surface area (Å²) in [6.45, 7) is 2.50. The van der Waals surface area contributed by atoms with Gasteiger partial charge in [0.15, 0.2) is 0 Å². The summed E-state index contributed by atoms with van der Waals surface area (Å²) >= 11 is 3.33. The highest BCUT2D eigenvalue weighted by atomic mass is 79.9. The van der Waals surface area contributed by atoms with E-state index in [1.54, 1.807) is 11.0 Å². The van der Waals surface area contributed by atoms with E-state index >= 15 is 0 Å². The molecule has 6 heteroatoms. The molecule has 2 unspecified atom stereocenters. The van der Waals surface area contributed by atoms with Crippen LogP contribution in [0.15, 0.2) is 21.2 Å². The van der Waals surface area contributed by atoms with Crippen LogP contribution in [0, 0.1) is 5.92 Å². The van der Waals surface area contributed by atoms with Gasteiger partial charge in [0.25, 0.3) is 0 Å². The van der Waals surface area contributed by atoms with E-state index in [9.17, 15) is 14.7 Å². The molecule has 2 rings (SSSR count). The molecule has 0 spiro atoms. The summed E-state index contributed by atoms with van der Waals surface area (Å²) in [5, 5.41) is 9.24. The first-order valence-electron chi connectivity index (χ1n) is 5.81. The highest BCUT2D eigenvalue weighted by molar-refractivity contribution is 9.10. The zero-order valence-electron chi connectivity index (χ0n) is 9.93. The molecule has 1 aromatic rings. The first-order chi connectivity index (χ1) is 8.56. The Hall–Kier alpha value is -1.30. The lowest BCUT2D eigenvalue weighted by Crippen LogP contribution is -2.31. The smallest absolute Gasteiger partial charge is 0.309 e. The fourth-order valence-corrected chi connectivity index (χ4v) is 2.79. The monoisotopic (exact) mass is 315 g/mol. The molecule has 1 saturated heterocycles. The van der Waals surface area contributed by atoms with Gasteiger partial charge in [-0.25, -0.2) is 0 Å². The summed E-state index contributed by atoms with van der Waals surface area (Å²) in [7, 11) is 0. The Morgan fingerprint density at radius 3 is 2.89 bits per heavy atom. The number of halogens is 1. The van der Waals surface area contributed by atoms with Crippen LogP contribution in [0.2, 0.25) is 0 Å². The average Bonchev–Trinajstić information content (AvgIpc) is 2.85. The molecule has 1 aliphatic heterocycles. The average molecular weight is 316 g/mol. The molecule has 1 aliphatic rings. The molecule has 1 fully saturated rings. The molecule has 1 amide bonds. The third kappa shape index (κ3) is 2.16. The van der Waals surface area contributed by atoms with E-state index < -0.39 is 17.9 Å². The van der Waals surface area contributed by atoms with Crippen molar-refractivity contribution in [2.24, 2.45) is 5.92 Å². The summed E-state index contributed by atoms with van der Waals surface area (Å²) in [6, 6.07) is 1.19. The largest absolute Gasteiger partial charge is 0.481 e. The number of amides is 1. The fourth-order valence-electron chi connectivity index (χ4n) is 2.36. The van der Waals surface area contributed by atoms with Crippen molar-refractivity contribution >= 4 is 27.8 Å². The van der Waals surface area contributed by atoms with Crippen molar-refractivity contribution < 1.29 is 19.1 Å². The van der Waals surface area contributed by atoms with Crippen LogP contribution in [-0.2, 0) is 9.59 Å². The highest BCUT2D eigenvalue weighted by Gasteiger charge is 2.46. The molecule has 0 radical (unpaired) electrons. The Kier molecular flexibility index (Phi) is 3.75. The van der Waals surface area contributed by atoms with Crippen LogP contribution >= 0.6 is 15.9 Å². The predicted octanol–water partition coefficient (Wildman–Crippen LogP) is 2.43. The number of nitrogens with zero attached hydrogens (tertiary/aromatic N) is 1. The molecule has 2 heterocycles. The van der Waals surface area contributed by atoms with Crippen molar-refractivity contribution in [1.29, 1.82) is 0 Å². The highest BCUT2D eigenvalue weighted by Crippen LogP contribution is 2.41. The number of aliphatic carboxylic acids is 1. The lowest BCUT2D eigenvalue weighted by molar-refractivity contribution is -0.143. The SMILES string of the molecule is CCCN1C(=O)CC(C(=O)O)C1c1occc1Br. The Bertz CT molecular complexity index is 470. The molecule has 5 nitrogen and oxygen atoms in total. The molecule has 2 atom stereocenters. The third-order valence-electron chi connectivity index (χ3n) is 3.13. The Balaban J connectivity index is 2.39. The number of hydrogen-bond donors (Lipinski definition) is 1. The quantitative estimate of drug-likeness (QED) is 0.926. The minimum atomic E-state index is -0.963. The normalized spacial score (nSPS) is 23.7. The summed E-state index contributed by atoms with van der Waals surface area (Å²) in [5.41, 5.74) is 0. The van der Waals surface area contributed by atoms with E-state index in [-0.39, 0.29) is 12.3 Å². The molecule has 0 aromatic carbocycles. The van der Waals surface area contributed by atoms with Crippen LogP contribution in [0.1, 0.15) is 31.6 Å². The van der Waals surface area contributed by atoms with Crippen molar-refractivity contribution in [3.8, 4) is 0 Å². The number of hydrogen-bond acceptors (Lipinski definition) is 3. The van der Waals surface area contributed by atoms with Gasteiger partial charge >= 0.3 is 5.97 Å².